The van der Waals surface area contributed by atoms with E-state index in [0.29, 0.717) is 17.9 Å². The van der Waals surface area contributed by atoms with Gasteiger partial charge in [-0.2, -0.15) is 0 Å². The van der Waals surface area contributed by atoms with Gasteiger partial charge in [-0.1, -0.05) is 29.8 Å². The average molecular weight is 484 g/mol. The van der Waals surface area contributed by atoms with Gasteiger partial charge in [-0.05, 0) is 42.0 Å². The lowest BCUT2D eigenvalue weighted by Crippen LogP contribution is -2.42. The number of carbonyl (C=O) groups is 3. The number of halogens is 1. The van der Waals surface area contributed by atoms with E-state index in [4.69, 9.17) is 21.1 Å². The second-order valence-corrected chi connectivity index (χ2v) is 9.02. The maximum absolute atomic E-state index is 13.2. The van der Waals surface area contributed by atoms with Crippen LogP contribution in [-0.4, -0.2) is 29.5 Å². The van der Waals surface area contributed by atoms with Crippen molar-refractivity contribution in [3.63, 3.8) is 0 Å². The highest BCUT2D eigenvalue weighted by Gasteiger charge is 2.38. The lowest BCUT2D eigenvalue weighted by atomic mass is 10.0. The number of carbonyl (C=O) groups excluding carboxylic acids is 2. The number of benzene rings is 2. The summed E-state index contributed by atoms with van der Waals surface area (Å²) < 4.78 is 12.0. The van der Waals surface area contributed by atoms with Crippen molar-refractivity contribution < 1.29 is 29.0 Å². The van der Waals surface area contributed by atoms with Crippen LogP contribution < -0.4 is 14.4 Å². The molecule has 0 bridgehead atoms. The fourth-order valence-electron chi connectivity index (χ4n) is 4.13. The molecule has 168 valence electrons. The second kappa shape index (κ2) is 8.53. The van der Waals surface area contributed by atoms with E-state index in [1.54, 1.807) is 23.6 Å². The number of para-hydroxylation sites is 1. The molecular formula is C24H18ClNO6S. The maximum Gasteiger partial charge on any atom is 0.346 e. The molecule has 1 N–H and O–H groups in total. The van der Waals surface area contributed by atoms with Gasteiger partial charge in [0.05, 0.1) is 29.3 Å². The summed E-state index contributed by atoms with van der Waals surface area (Å²) in [6.07, 6.45) is 1.19. The molecule has 1 aromatic heterocycles. The number of hydrogen-bond donors (Lipinski definition) is 1. The summed E-state index contributed by atoms with van der Waals surface area (Å²) >= 11 is 7.31. The number of ether oxygens (including phenoxy) is 2. The van der Waals surface area contributed by atoms with E-state index in [2.05, 4.69) is 0 Å². The first-order valence-electron chi connectivity index (χ1n) is 10.3. The zero-order chi connectivity index (χ0) is 23.1. The number of amides is 2. The Bertz CT molecular complexity index is 1290. The van der Waals surface area contributed by atoms with Crippen molar-refractivity contribution in [2.75, 3.05) is 11.5 Å². The van der Waals surface area contributed by atoms with Crippen LogP contribution in [0.3, 0.4) is 0 Å². The highest BCUT2D eigenvalue weighted by Crippen LogP contribution is 2.39. The van der Waals surface area contributed by atoms with E-state index < -0.39 is 17.8 Å². The van der Waals surface area contributed by atoms with Gasteiger partial charge in [0.25, 0.3) is 5.91 Å². The molecule has 3 aromatic rings. The number of carboxylic acid groups (broad SMARTS) is 1. The molecule has 0 fully saturated rings. The van der Waals surface area contributed by atoms with Gasteiger partial charge in [-0.15, -0.1) is 11.3 Å². The van der Waals surface area contributed by atoms with Crippen molar-refractivity contribution >= 4 is 46.4 Å². The van der Waals surface area contributed by atoms with Crippen molar-refractivity contribution in [1.29, 1.82) is 0 Å². The number of nitrogens with zero attached hydrogens (tertiary/aromatic N) is 1. The summed E-state index contributed by atoms with van der Waals surface area (Å²) in [6, 6.07) is 12.5. The quantitative estimate of drug-likeness (QED) is 0.517. The molecular weight excluding hydrogens is 466 g/mol. The fraction of sp³-hybridized carbons (Fsp3) is 0.208. The Morgan fingerprint density at radius 3 is 2.85 bits per heavy atom. The molecule has 9 heteroatoms. The van der Waals surface area contributed by atoms with Crippen molar-refractivity contribution in [2.45, 2.75) is 25.4 Å². The lowest BCUT2D eigenvalue weighted by molar-refractivity contribution is -0.117. The number of imide groups is 1. The van der Waals surface area contributed by atoms with Gasteiger partial charge in [-0.3, -0.25) is 9.59 Å². The molecule has 0 aliphatic carbocycles. The molecule has 5 rings (SSSR count). The molecule has 2 amide bonds. The number of rotatable bonds is 4. The molecule has 33 heavy (non-hydrogen) atoms. The zero-order valence-electron chi connectivity index (χ0n) is 17.2. The Hall–Kier alpha value is -3.36. The average Bonchev–Trinajstić information content (AvgIpc) is 3.12. The molecule has 2 aliphatic rings. The topological polar surface area (TPSA) is 93.1 Å². The van der Waals surface area contributed by atoms with E-state index in [1.165, 1.54) is 0 Å². The second-order valence-electron chi connectivity index (χ2n) is 7.73. The maximum atomic E-state index is 13.2. The van der Waals surface area contributed by atoms with E-state index in [9.17, 15) is 19.5 Å². The third-order valence-corrected chi connectivity index (χ3v) is 6.98. The highest BCUT2D eigenvalue weighted by atomic mass is 35.5. The number of fused-ring (bicyclic) bond motifs is 2. The molecule has 3 heterocycles. The van der Waals surface area contributed by atoms with Crippen LogP contribution in [-0.2, 0) is 11.2 Å². The Morgan fingerprint density at radius 1 is 1.21 bits per heavy atom. The molecule has 2 aliphatic heterocycles. The van der Waals surface area contributed by atoms with Crippen molar-refractivity contribution in [1.82, 2.24) is 0 Å². The van der Waals surface area contributed by atoms with Gasteiger partial charge in [0.2, 0.25) is 5.91 Å². The predicted octanol–water partition coefficient (Wildman–Crippen LogP) is 5.12. The number of carboxylic acids is 1. The molecule has 0 saturated carbocycles. The van der Waals surface area contributed by atoms with Gasteiger partial charge >= 0.3 is 5.97 Å². The van der Waals surface area contributed by atoms with Crippen molar-refractivity contribution in [3.05, 3.63) is 74.4 Å². The Morgan fingerprint density at radius 2 is 2.03 bits per heavy atom. The summed E-state index contributed by atoms with van der Waals surface area (Å²) in [5.41, 5.74) is 1.53. The molecule has 1 unspecified atom stereocenters. The summed E-state index contributed by atoms with van der Waals surface area (Å²) in [5.74, 6) is -1.18. The Kier molecular flexibility index (Phi) is 5.55. The molecule has 1 atom stereocenters. The van der Waals surface area contributed by atoms with Crippen LogP contribution in [0.25, 0.3) is 0 Å². The van der Waals surface area contributed by atoms with Crippen LogP contribution in [0.2, 0.25) is 5.02 Å². The van der Waals surface area contributed by atoms with Crippen LogP contribution in [0.1, 0.15) is 50.1 Å². The van der Waals surface area contributed by atoms with E-state index in [0.717, 1.165) is 40.4 Å². The number of hydrogen-bond acceptors (Lipinski definition) is 6. The first kappa shape index (κ1) is 21.5. The predicted molar refractivity (Wildman–Crippen MR) is 123 cm³/mol. The lowest BCUT2D eigenvalue weighted by Gasteiger charge is -2.27. The fourth-order valence-corrected chi connectivity index (χ4v) is 5.23. The summed E-state index contributed by atoms with van der Waals surface area (Å²) in [6.45, 7) is 0.592. The normalized spacial score (nSPS) is 17.6. The molecule has 2 aromatic carbocycles. The number of aromatic carboxylic acids is 1. The van der Waals surface area contributed by atoms with E-state index in [1.807, 2.05) is 24.3 Å². The largest absolute Gasteiger partial charge is 0.493 e. The SMILES string of the molecule is O=C(O)c1scc2c1C(=O)N(c1cc(OC3CCCOc4ccccc43)ccc1Cl)C(=O)C2. The Labute approximate surface area is 198 Å². The highest BCUT2D eigenvalue weighted by molar-refractivity contribution is 7.12. The molecule has 7 nitrogen and oxygen atoms in total. The summed E-state index contributed by atoms with van der Waals surface area (Å²) in [7, 11) is 0. The van der Waals surface area contributed by atoms with Gasteiger partial charge in [0.15, 0.2) is 0 Å². The van der Waals surface area contributed by atoms with Crippen LogP contribution in [0, 0.1) is 0 Å². The van der Waals surface area contributed by atoms with E-state index >= 15 is 0 Å². The third kappa shape index (κ3) is 3.85. The van der Waals surface area contributed by atoms with Gasteiger partial charge in [-0.25, -0.2) is 9.69 Å². The molecule has 0 spiro atoms. The van der Waals surface area contributed by atoms with Crippen molar-refractivity contribution in [3.8, 4) is 11.5 Å². The minimum absolute atomic E-state index is 0.0318. The standard InChI is InChI=1S/C24H18ClNO6S/c25-16-8-7-14(32-19-6-3-9-31-18-5-2-1-4-15(18)19)11-17(16)26-20(27)10-13-12-33-22(24(29)30)21(13)23(26)28/h1-2,4-5,7-8,11-12,19H,3,6,9-10H2,(H,29,30). The van der Waals surface area contributed by atoms with E-state index in [-0.39, 0.29) is 33.7 Å². The van der Waals surface area contributed by atoms with Crippen LogP contribution in [0.5, 0.6) is 11.5 Å². The van der Waals surface area contributed by atoms with Crippen LogP contribution >= 0.6 is 22.9 Å². The minimum atomic E-state index is -1.21. The van der Waals surface area contributed by atoms with Gasteiger partial charge in [0, 0.05) is 11.6 Å². The summed E-state index contributed by atoms with van der Waals surface area (Å²) in [5, 5.41) is 11.2. The van der Waals surface area contributed by atoms with Gasteiger partial charge < -0.3 is 14.6 Å². The molecule has 0 radical (unpaired) electrons. The first-order chi connectivity index (χ1) is 15.9. The Balaban J connectivity index is 1.50. The van der Waals surface area contributed by atoms with Crippen LogP contribution in [0.4, 0.5) is 5.69 Å². The monoisotopic (exact) mass is 483 g/mol. The number of anilines is 1. The third-order valence-electron chi connectivity index (χ3n) is 5.64. The molecule has 0 saturated heterocycles. The number of thiophene rings is 1. The van der Waals surface area contributed by atoms with Crippen molar-refractivity contribution in [2.24, 2.45) is 0 Å². The minimum Gasteiger partial charge on any atom is -0.493 e. The van der Waals surface area contributed by atoms with Crippen LogP contribution in [0.15, 0.2) is 47.8 Å². The van der Waals surface area contributed by atoms with Gasteiger partial charge in [0.1, 0.15) is 22.5 Å². The zero-order valence-corrected chi connectivity index (χ0v) is 18.8. The smallest absolute Gasteiger partial charge is 0.346 e. The first-order valence-corrected chi connectivity index (χ1v) is 11.6. The summed E-state index contributed by atoms with van der Waals surface area (Å²) in [4.78, 5) is 38.5.